The maximum Gasteiger partial charge on any atom is 0.269 e. The van der Waals surface area contributed by atoms with Crippen LogP contribution in [0.3, 0.4) is 0 Å². The Bertz CT molecular complexity index is 1340. The fourth-order valence-corrected chi connectivity index (χ4v) is 7.75. The lowest BCUT2D eigenvalue weighted by atomic mass is 9.90. The highest BCUT2D eigenvalue weighted by Gasteiger charge is 2.63. The van der Waals surface area contributed by atoms with Crippen LogP contribution in [-0.4, -0.2) is 48.3 Å². The highest BCUT2D eigenvalue weighted by Crippen LogP contribution is 2.57. The predicted molar refractivity (Wildman–Crippen MR) is 157 cm³/mol. The molecule has 0 N–H and O–H groups in total. The number of rotatable bonds is 7. The second kappa shape index (κ2) is 10.7. The molecule has 0 aromatic heterocycles. The van der Waals surface area contributed by atoms with E-state index in [0.29, 0.717) is 24.9 Å². The molecule has 0 aliphatic carbocycles. The number of likely N-dealkylation sites (tertiary alicyclic amines) is 1. The summed E-state index contributed by atoms with van der Waals surface area (Å²) < 4.78 is 5.62. The number of thioether (sulfide) groups is 1. The first-order valence-corrected chi connectivity index (χ1v) is 14.8. The van der Waals surface area contributed by atoms with E-state index < -0.39 is 4.87 Å². The number of para-hydroxylation sites is 1. The zero-order valence-electron chi connectivity index (χ0n) is 22.6. The minimum absolute atomic E-state index is 0.0355. The monoisotopic (exact) mass is 541 g/mol. The van der Waals surface area contributed by atoms with E-state index in [1.54, 1.807) is 4.90 Å². The molecule has 2 saturated heterocycles. The summed E-state index contributed by atoms with van der Waals surface area (Å²) in [6.07, 6.45) is 3.34. The lowest BCUT2D eigenvalue weighted by Crippen LogP contribution is -2.52. The lowest BCUT2D eigenvalue weighted by Gasteiger charge is -2.36. The third-order valence-electron chi connectivity index (χ3n) is 8.15. The molecule has 6 rings (SSSR count). The maximum atomic E-state index is 14.5. The van der Waals surface area contributed by atoms with Gasteiger partial charge in [0.1, 0.15) is 5.75 Å². The summed E-state index contributed by atoms with van der Waals surface area (Å²) in [6, 6.07) is 26.2. The number of fused-ring (bicyclic) bond motifs is 2. The van der Waals surface area contributed by atoms with Gasteiger partial charge in [0.2, 0.25) is 10.8 Å². The van der Waals surface area contributed by atoms with Crippen molar-refractivity contribution in [3.05, 3.63) is 90.0 Å². The molecule has 2 amide bonds. The minimum Gasteiger partial charge on any atom is -0.494 e. The summed E-state index contributed by atoms with van der Waals surface area (Å²) in [5, 5.41) is -0.331. The summed E-state index contributed by atoms with van der Waals surface area (Å²) >= 11 is 1.45. The number of hydrogen-bond donors (Lipinski definition) is 0. The van der Waals surface area contributed by atoms with E-state index in [-0.39, 0.29) is 17.1 Å². The Hall–Kier alpha value is -3.29. The molecule has 6 nitrogen and oxygen atoms in total. The van der Waals surface area contributed by atoms with Crippen LogP contribution in [0.1, 0.15) is 37.8 Å². The highest BCUT2D eigenvalue weighted by atomic mass is 32.2. The number of anilines is 2. The van der Waals surface area contributed by atoms with Gasteiger partial charge in [0.05, 0.1) is 24.2 Å². The van der Waals surface area contributed by atoms with E-state index >= 15 is 0 Å². The van der Waals surface area contributed by atoms with Crippen LogP contribution < -0.4 is 14.5 Å². The maximum absolute atomic E-state index is 14.5. The lowest BCUT2D eigenvalue weighted by molar-refractivity contribution is -0.124. The van der Waals surface area contributed by atoms with Gasteiger partial charge in [0, 0.05) is 24.3 Å². The summed E-state index contributed by atoms with van der Waals surface area (Å²) in [6.45, 7) is 6.88. The van der Waals surface area contributed by atoms with Crippen molar-refractivity contribution in [1.29, 1.82) is 0 Å². The van der Waals surface area contributed by atoms with Crippen LogP contribution in [0.5, 0.6) is 5.75 Å². The van der Waals surface area contributed by atoms with Gasteiger partial charge in [0.15, 0.2) is 0 Å². The molecule has 2 unspecified atom stereocenters. The molecule has 0 bridgehead atoms. The van der Waals surface area contributed by atoms with Gasteiger partial charge in [-0.2, -0.15) is 0 Å². The first-order chi connectivity index (χ1) is 19.0. The van der Waals surface area contributed by atoms with E-state index in [1.807, 2.05) is 67.3 Å². The SMILES string of the molecule is CCOc1ccc(N2C(=O)C(C)SC23C(=O)N(CN2CCC(Cc4ccccc4)CC2)c2ccccc23)cc1. The number of carbonyl (C=O) groups excluding carboxylic acids is 2. The van der Waals surface area contributed by atoms with Crippen LogP contribution in [-0.2, 0) is 20.9 Å². The normalized spacial score (nSPS) is 23.6. The second-order valence-corrected chi connectivity index (χ2v) is 12.2. The third kappa shape index (κ3) is 4.61. The Balaban J connectivity index is 1.25. The number of piperidine rings is 1. The summed E-state index contributed by atoms with van der Waals surface area (Å²) in [7, 11) is 0. The van der Waals surface area contributed by atoms with Crippen LogP contribution in [0.15, 0.2) is 78.9 Å². The molecule has 0 radical (unpaired) electrons. The van der Waals surface area contributed by atoms with Crippen molar-refractivity contribution >= 4 is 35.0 Å². The predicted octanol–water partition coefficient (Wildman–Crippen LogP) is 5.67. The van der Waals surface area contributed by atoms with Crippen molar-refractivity contribution in [3.8, 4) is 5.75 Å². The number of carbonyl (C=O) groups is 2. The van der Waals surface area contributed by atoms with Gasteiger partial charge in [-0.05, 0) is 74.9 Å². The van der Waals surface area contributed by atoms with Crippen LogP contribution >= 0.6 is 11.8 Å². The van der Waals surface area contributed by atoms with E-state index in [4.69, 9.17) is 4.74 Å². The zero-order valence-corrected chi connectivity index (χ0v) is 23.4. The molecule has 39 heavy (non-hydrogen) atoms. The standard InChI is InChI=1S/C32H35N3O3S/c1-3-38-27-15-13-26(14-16-27)35-30(36)23(2)39-32(35)28-11-7-8-12-29(28)34(31(32)37)22-33-19-17-25(18-20-33)21-24-9-5-4-6-10-24/h4-16,23,25H,3,17-22H2,1-2H3. The fourth-order valence-electron chi connectivity index (χ4n) is 6.22. The van der Waals surface area contributed by atoms with Crippen molar-refractivity contribution in [2.75, 3.05) is 36.2 Å². The molecule has 2 fully saturated rings. The van der Waals surface area contributed by atoms with Gasteiger partial charge < -0.3 is 4.74 Å². The molecule has 3 aromatic rings. The van der Waals surface area contributed by atoms with Crippen molar-refractivity contribution in [3.63, 3.8) is 0 Å². The molecular weight excluding hydrogens is 506 g/mol. The summed E-state index contributed by atoms with van der Waals surface area (Å²) in [4.78, 5) is 33.0. The van der Waals surface area contributed by atoms with Gasteiger partial charge in [-0.25, -0.2) is 0 Å². The summed E-state index contributed by atoms with van der Waals surface area (Å²) in [5.74, 6) is 1.33. The molecule has 0 saturated carbocycles. The number of nitrogens with zero attached hydrogens (tertiary/aromatic N) is 3. The molecular formula is C32H35N3O3S. The van der Waals surface area contributed by atoms with Gasteiger partial charge in [-0.15, -0.1) is 11.8 Å². The first kappa shape index (κ1) is 26.0. The van der Waals surface area contributed by atoms with Gasteiger partial charge in [-0.3, -0.25) is 24.3 Å². The van der Waals surface area contributed by atoms with Crippen molar-refractivity contribution in [1.82, 2.24) is 4.90 Å². The zero-order chi connectivity index (χ0) is 27.0. The Labute approximate surface area is 234 Å². The molecule has 3 aliphatic rings. The largest absolute Gasteiger partial charge is 0.494 e. The van der Waals surface area contributed by atoms with E-state index in [2.05, 4.69) is 35.2 Å². The van der Waals surface area contributed by atoms with Gasteiger partial charge in [-0.1, -0.05) is 48.5 Å². The van der Waals surface area contributed by atoms with Crippen LogP contribution in [0.4, 0.5) is 11.4 Å². The molecule has 1 spiro atoms. The quantitative estimate of drug-likeness (QED) is 0.386. The number of benzene rings is 3. The van der Waals surface area contributed by atoms with Crippen molar-refractivity contribution in [2.45, 2.75) is 43.2 Å². The smallest absolute Gasteiger partial charge is 0.269 e. The van der Waals surface area contributed by atoms with E-state index in [0.717, 1.165) is 49.4 Å². The van der Waals surface area contributed by atoms with Crippen LogP contribution in [0.2, 0.25) is 0 Å². The molecule has 2 atom stereocenters. The van der Waals surface area contributed by atoms with Gasteiger partial charge in [0.25, 0.3) is 5.91 Å². The Kier molecular flexibility index (Phi) is 7.12. The summed E-state index contributed by atoms with van der Waals surface area (Å²) in [5.41, 5.74) is 3.91. The minimum atomic E-state index is -1.11. The Morgan fingerprint density at radius 1 is 0.923 bits per heavy atom. The molecule has 7 heteroatoms. The Morgan fingerprint density at radius 2 is 1.62 bits per heavy atom. The van der Waals surface area contributed by atoms with Gasteiger partial charge >= 0.3 is 0 Å². The van der Waals surface area contributed by atoms with Crippen LogP contribution in [0, 0.1) is 5.92 Å². The van der Waals surface area contributed by atoms with Crippen LogP contribution in [0.25, 0.3) is 0 Å². The molecule has 3 heterocycles. The molecule has 3 aromatic carbocycles. The van der Waals surface area contributed by atoms with Crippen molar-refractivity contribution < 1.29 is 14.3 Å². The molecule has 202 valence electrons. The third-order valence-corrected chi connectivity index (χ3v) is 9.62. The highest BCUT2D eigenvalue weighted by molar-refractivity contribution is 8.03. The first-order valence-electron chi connectivity index (χ1n) is 13.9. The van der Waals surface area contributed by atoms with Crippen molar-refractivity contribution in [2.24, 2.45) is 5.92 Å². The fraction of sp³-hybridized carbons (Fsp3) is 0.375. The number of hydrogen-bond acceptors (Lipinski definition) is 5. The topological polar surface area (TPSA) is 53.1 Å². The molecule has 3 aliphatic heterocycles. The second-order valence-electron chi connectivity index (χ2n) is 10.6. The average molecular weight is 542 g/mol. The van der Waals surface area contributed by atoms with E-state index in [1.165, 1.54) is 17.3 Å². The average Bonchev–Trinajstić information content (AvgIpc) is 3.36. The number of amides is 2. The van der Waals surface area contributed by atoms with E-state index in [9.17, 15) is 9.59 Å². The Morgan fingerprint density at radius 3 is 2.33 bits per heavy atom. The number of ether oxygens (including phenoxy) is 1.